The van der Waals surface area contributed by atoms with Gasteiger partial charge in [0, 0.05) is 17.4 Å². The number of methoxy groups -OCH3 is 1. The molecule has 2 aromatic rings. The van der Waals surface area contributed by atoms with Crippen LogP contribution in [0.1, 0.15) is 0 Å². The number of amides is 1. The lowest BCUT2D eigenvalue weighted by molar-refractivity contribution is -0.892. The molecule has 1 heterocycles. The van der Waals surface area contributed by atoms with Gasteiger partial charge in [0.1, 0.15) is 11.5 Å². The molecule has 1 aliphatic rings. The zero-order valence-corrected chi connectivity index (χ0v) is 14.4. The average Bonchev–Trinajstić information content (AvgIpc) is 2.63. The molecule has 1 saturated heterocycles. The zero-order chi connectivity index (χ0) is 17.6. The highest BCUT2D eigenvalue weighted by Gasteiger charge is 2.22. The van der Waals surface area contributed by atoms with Gasteiger partial charge in [0.2, 0.25) is 0 Å². The molecular formula is C19H24N3O3+. The number of phenols is 1. The normalized spacial score (nSPS) is 15.0. The van der Waals surface area contributed by atoms with Gasteiger partial charge in [-0.05, 0) is 36.4 Å². The standard InChI is InChI=1S/C19H23N3O3/c1-25-18-4-2-3-15(13-18)20-19(24)14-21-9-11-22(12-10-21)16-5-7-17(23)8-6-16/h2-8,13,23H,9-12,14H2,1H3,(H,20,24)/p+1. The second-order valence-electron chi connectivity index (χ2n) is 6.21. The van der Waals surface area contributed by atoms with Crippen LogP contribution in [0.2, 0.25) is 0 Å². The highest BCUT2D eigenvalue weighted by atomic mass is 16.5. The van der Waals surface area contributed by atoms with Crippen molar-refractivity contribution in [2.75, 3.05) is 50.1 Å². The summed E-state index contributed by atoms with van der Waals surface area (Å²) in [6, 6.07) is 14.6. The molecule has 0 saturated carbocycles. The highest BCUT2D eigenvalue weighted by molar-refractivity contribution is 5.91. The number of anilines is 2. The Morgan fingerprint density at radius 3 is 2.60 bits per heavy atom. The predicted octanol–water partition coefficient (Wildman–Crippen LogP) is 0.744. The molecule has 1 fully saturated rings. The third kappa shape index (κ3) is 4.64. The van der Waals surface area contributed by atoms with Gasteiger partial charge in [-0.3, -0.25) is 4.79 Å². The number of carbonyl (C=O) groups excluding carboxylic acids is 1. The number of hydrogen-bond acceptors (Lipinski definition) is 4. The molecule has 3 N–H and O–H groups in total. The second-order valence-corrected chi connectivity index (χ2v) is 6.21. The van der Waals surface area contributed by atoms with Crippen molar-refractivity contribution in [2.24, 2.45) is 0 Å². The van der Waals surface area contributed by atoms with Crippen molar-refractivity contribution in [3.8, 4) is 11.5 Å². The fourth-order valence-corrected chi connectivity index (χ4v) is 3.05. The highest BCUT2D eigenvalue weighted by Crippen LogP contribution is 2.18. The minimum atomic E-state index is 0.0151. The number of quaternary nitrogens is 1. The number of benzene rings is 2. The van der Waals surface area contributed by atoms with Gasteiger partial charge in [0.25, 0.3) is 5.91 Å². The van der Waals surface area contributed by atoms with Crippen LogP contribution in [0.15, 0.2) is 48.5 Å². The molecule has 1 amide bonds. The van der Waals surface area contributed by atoms with E-state index in [0.29, 0.717) is 6.54 Å². The lowest BCUT2D eigenvalue weighted by Gasteiger charge is -2.33. The molecule has 0 atom stereocenters. The number of carbonyl (C=O) groups is 1. The SMILES string of the molecule is COc1cccc(NC(=O)C[NH+]2CCN(c3ccc(O)cc3)CC2)c1. The molecule has 0 unspecified atom stereocenters. The van der Waals surface area contributed by atoms with E-state index in [9.17, 15) is 9.90 Å². The predicted molar refractivity (Wildman–Crippen MR) is 97.5 cm³/mol. The molecular weight excluding hydrogens is 318 g/mol. The number of nitrogens with zero attached hydrogens (tertiary/aromatic N) is 1. The summed E-state index contributed by atoms with van der Waals surface area (Å²) in [5, 5.41) is 12.3. The van der Waals surface area contributed by atoms with Gasteiger partial charge < -0.3 is 25.0 Å². The summed E-state index contributed by atoms with van der Waals surface area (Å²) in [5.41, 5.74) is 1.86. The van der Waals surface area contributed by atoms with Crippen LogP contribution in [0.5, 0.6) is 11.5 Å². The number of ether oxygens (including phenoxy) is 1. The number of aromatic hydroxyl groups is 1. The van der Waals surface area contributed by atoms with Crippen molar-refractivity contribution in [3.63, 3.8) is 0 Å². The summed E-state index contributed by atoms with van der Waals surface area (Å²) in [4.78, 5) is 15.8. The van der Waals surface area contributed by atoms with Crippen molar-refractivity contribution in [1.29, 1.82) is 0 Å². The Hall–Kier alpha value is -2.73. The van der Waals surface area contributed by atoms with Crippen molar-refractivity contribution in [3.05, 3.63) is 48.5 Å². The Morgan fingerprint density at radius 1 is 1.20 bits per heavy atom. The maximum absolute atomic E-state index is 12.3. The summed E-state index contributed by atoms with van der Waals surface area (Å²) >= 11 is 0. The van der Waals surface area contributed by atoms with Crippen LogP contribution in [-0.2, 0) is 4.79 Å². The van der Waals surface area contributed by atoms with E-state index in [1.165, 1.54) is 4.90 Å². The molecule has 0 radical (unpaired) electrons. The largest absolute Gasteiger partial charge is 0.508 e. The number of phenolic OH excluding ortho intramolecular Hbond substituents is 1. The van der Waals surface area contributed by atoms with Gasteiger partial charge in [-0.15, -0.1) is 0 Å². The molecule has 3 rings (SSSR count). The Bertz CT molecular complexity index is 710. The van der Waals surface area contributed by atoms with E-state index < -0.39 is 0 Å². The van der Waals surface area contributed by atoms with Crippen molar-refractivity contribution in [2.45, 2.75) is 0 Å². The summed E-state index contributed by atoms with van der Waals surface area (Å²) < 4.78 is 5.17. The Morgan fingerprint density at radius 2 is 1.92 bits per heavy atom. The monoisotopic (exact) mass is 342 g/mol. The van der Waals surface area contributed by atoms with E-state index in [1.54, 1.807) is 19.2 Å². The minimum absolute atomic E-state index is 0.0151. The van der Waals surface area contributed by atoms with Gasteiger partial charge in [-0.1, -0.05) is 6.07 Å². The van der Waals surface area contributed by atoms with Crippen molar-refractivity contribution >= 4 is 17.3 Å². The first-order valence-corrected chi connectivity index (χ1v) is 8.45. The fourth-order valence-electron chi connectivity index (χ4n) is 3.05. The van der Waals surface area contributed by atoms with Crippen LogP contribution in [0.25, 0.3) is 0 Å². The molecule has 0 aromatic heterocycles. The van der Waals surface area contributed by atoms with E-state index in [0.717, 1.165) is 43.3 Å². The van der Waals surface area contributed by atoms with E-state index in [1.807, 2.05) is 36.4 Å². The van der Waals surface area contributed by atoms with Crippen LogP contribution >= 0.6 is 0 Å². The van der Waals surface area contributed by atoms with Gasteiger partial charge in [-0.2, -0.15) is 0 Å². The molecule has 25 heavy (non-hydrogen) atoms. The number of rotatable bonds is 5. The van der Waals surface area contributed by atoms with E-state index >= 15 is 0 Å². The maximum Gasteiger partial charge on any atom is 0.279 e. The summed E-state index contributed by atoms with van der Waals surface area (Å²) in [6.07, 6.45) is 0. The third-order valence-corrected chi connectivity index (χ3v) is 4.45. The van der Waals surface area contributed by atoms with Gasteiger partial charge in [0.15, 0.2) is 6.54 Å². The molecule has 6 nitrogen and oxygen atoms in total. The van der Waals surface area contributed by atoms with E-state index in [-0.39, 0.29) is 11.7 Å². The molecule has 6 heteroatoms. The molecule has 0 aliphatic carbocycles. The smallest absolute Gasteiger partial charge is 0.279 e. The lowest BCUT2D eigenvalue weighted by atomic mass is 10.2. The first kappa shape index (κ1) is 17.1. The molecule has 132 valence electrons. The Labute approximate surface area is 147 Å². The summed E-state index contributed by atoms with van der Waals surface area (Å²) in [7, 11) is 1.61. The van der Waals surface area contributed by atoms with Gasteiger partial charge >= 0.3 is 0 Å². The van der Waals surface area contributed by atoms with E-state index in [2.05, 4.69) is 10.2 Å². The average molecular weight is 342 g/mol. The van der Waals surface area contributed by atoms with Crippen molar-refractivity contribution < 1.29 is 19.5 Å². The van der Waals surface area contributed by atoms with Crippen LogP contribution in [0.4, 0.5) is 11.4 Å². The topological polar surface area (TPSA) is 66.2 Å². The summed E-state index contributed by atoms with van der Waals surface area (Å²) in [5.74, 6) is 1.02. The minimum Gasteiger partial charge on any atom is -0.508 e. The first-order chi connectivity index (χ1) is 12.1. The number of piperazine rings is 1. The Kier molecular flexibility index (Phi) is 5.40. The Balaban J connectivity index is 1.48. The van der Waals surface area contributed by atoms with Crippen LogP contribution in [0.3, 0.4) is 0 Å². The second kappa shape index (κ2) is 7.90. The van der Waals surface area contributed by atoms with Crippen LogP contribution < -0.4 is 19.9 Å². The van der Waals surface area contributed by atoms with Gasteiger partial charge in [0.05, 0.1) is 33.3 Å². The molecule has 1 aliphatic heterocycles. The van der Waals surface area contributed by atoms with Crippen LogP contribution in [-0.4, -0.2) is 50.8 Å². The quantitative estimate of drug-likeness (QED) is 0.750. The lowest BCUT2D eigenvalue weighted by Crippen LogP contribution is -3.15. The molecule has 0 bridgehead atoms. The molecule has 0 spiro atoms. The number of nitrogens with one attached hydrogen (secondary N) is 2. The fraction of sp³-hybridized carbons (Fsp3) is 0.316. The summed E-state index contributed by atoms with van der Waals surface area (Å²) in [6.45, 7) is 4.07. The first-order valence-electron chi connectivity index (χ1n) is 8.45. The van der Waals surface area contributed by atoms with Gasteiger partial charge in [-0.25, -0.2) is 0 Å². The third-order valence-electron chi connectivity index (χ3n) is 4.45. The van der Waals surface area contributed by atoms with E-state index in [4.69, 9.17) is 4.74 Å². The number of hydrogen-bond donors (Lipinski definition) is 3. The van der Waals surface area contributed by atoms with Crippen molar-refractivity contribution in [1.82, 2.24) is 0 Å². The zero-order valence-electron chi connectivity index (χ0n) is 14.4. The van der Waals surface area contributed by atoms with Crippen LogP contribution in [0, 0.1) is 0 Å². The maximum atomic E-state index is 12.3. The molecule has 2 aromatic carbocycles.